The molecule has 29 heavy (non-hydrogen) atoms. The molecule has 0 radical (unpaired) electrons. The van der Waals surface area contributed by atoms with Crippen molar-refractivity contribution in [1.82, 2.24) is 5.32 Å². The van der Waals surface area contributed by atoms with Gasteiger partial charge in [-0.05, 0) is 48.5 Å². The van der Waals surface area contributed by atoms with Gasteiger partial charge >= 0.3 is 0 Å². The van der Waals surface area contributed by atoms with E-state index in [1.165, 1.54) is 0 Å². The summed E-state index contributed by atoms with van der Waals surface area (Å²) < 4.78 is 11.1. The third-order valence-corrected chi connectivity index (χ3v) is 4.26. The molecular weight excluding hydrogens is 368 g/mol. The number of fused-ring (bicyclic) bond motifs is 1. The fourth-order valence-corrected chi connectivity index (χ4v) is 2.84. The molecule has 2 amide bonds. The van der Waals surface area contributed by atoms with E-state index in [0.717, 1.165) is 5.39 Å². The number of hydrogen-bond acceptors (Lipinski definition) is 4. The van der Waals surface area contributed by atoms with Crippen molar-refractivity contribution in [3.05, 3.63) is 90.7 Å². The van der Waals surface area contributed by atoms with Gasteiger partial charge in [0.25, 0.3) is 5.91 Å². The van der Waals surface area contributed by atoms with Gasteiger partial charge in [0.15, 0.2) is 5.75 Å². The molecule has 0 spiro atoms. The van der Waals surface area contributed by atoms with Crippen molar-refractivity contribution >= 4 is 28.5 Å². The number of carbonyl (C=O) groups is 2. The minimum absolute atomic E-state index is 0.165. The van der Waals surface area contributed by atoms with Crippen LogP contribution in [-0.4, -0.2) is 18.4 Å². The number of rotatable bonds is 6. The van der Waals surface area contributed by atoms with E-state index in [2.05, 4.69) is 10.6 Å². The number of amides is 2. The van der Waals surface area contributed by atoms with Crippen LogP contribution in [0.2, 0.25) is 0 Å². The van der Waals surface area contributed by atoms with Gasteiger partial charge in [0.2, 0.25) is 5.91 Å². The molecule has 0 bridgehead atoms. The van der Waals surface area contributed by atoms with Crippen molar-refractivity contribution in [2.45, 2.75) is 0 Å². The standard InChI is InChI=1S/C23H18N2O4/c26-22(15-24-23(27)17-10-11-20-16(14-17)12-13-28-20)25-19-8-4-5-9-21(19)29-18-6-2-1-3-7-18/h1-14H,15H2,(H,24,27)(H,25,26). The molecule has 0 fully saturated rings. The molecule has 144 valence electrons. The lowest BCUT2D eigenvalue weighted by Gasteiger charge is -2.12. The molecule has 0 saturated carbocycles. The van der Waals surface area contributed by atoms with E-state index >= 15 is 0 Å². The molecule has 4 rings (SSSR count). The first-order chi connectivity index (χ1) is 14.2. The van der Waals surface area contributed by atoms with E-state index in [1.54, 1.807) is 48.7 Å². The number of para-hydroxylation sites is 3. The molecule has 2 N–H and O–H groups in total. The molecular formula is C23H18N2O4. The van der Waals surface area contributed by atoms with Crippen LogP contribution in [0.5, 0.6) is 11.5 Å². The molecule has 0 atom stereocenters. The zero-order valence-electron chi connectivity index (χ0n) is 15.4. The molecule has 0 aliphatic carbocycles. The van der Waals surface area contributed by atoms with Gasteiger partial charge in [-0.2, -0.15) is 0 Å². The fraction of sp³-hybridized carbons (Fsp3) is 0.0435. The van der Waals surface area contributed by atoms with Gasteiger partial charge in [-0.25, -0.2) is 0 Å². The molecule has 3 aromatic carbocycles. The lowest BCUT2D eigenvalue weighted by molar-refractivity contribution is -0.115. The minimum Gasteiger partial charge on any atom is -0.464 e. The van der Waals surface area contributed by atoms with Crippen LogP contribution in [0, 0.1) is 0 Å². The molecule has 6 heteroatoms. The minimum atomic E-state index is -0.355. The third kappa shape index (κ3) is 4.44. The highest BCUT2D eigenvalue weighted by Gasteiger charge is 2.12. The largest absolute Gasteiger partial charge is 0.464 e. The molecule has 0 saturated heterocycles. The smallest absolute Gasteiger partial charge is 0.251 e. The summed E-state index contributed by atoms with van der Waals surface area (Å²) in [7, 11) is 0. The van der Waals surface area contributed by atoms with Crippen molar-refractivity contribution in [2.75, 3.05) is 11.9 Å². The van der Waals surface area contributed by atoms with Crippen LogP contribution >= 0.6 is 0 Å². The van der Waals surface area contributed by atoms with E-state index < -0.39 is 0 Å². The van der Waals surface area contributed by atoms with Gasteiger partial charge in [0.05, 0.1) is 18.5 Å². The SMILES string of the molecule is O=C(CNC(=O)c1ccc2occc2c1)Nc1ccccc1Oc1ccccc1. The van der Waals surface area contributed by atoms with Crippen LogP contribution in [0.3, 0.4) is 0 Å². The molecule has 1 heterocycles. The number of benzene rings is 3. The van der Waals surface area contributed by atoms with Crippen molar-refractivity contribution in [2.24, 2.45) is 0 Å². The van der Waals surface area contributed by atoms with Gasteiger partial charge in [0, 0.05) is 10.9 Å². The van der Waals surface area contributed by atoms with Gasteiger partial charge in [-0.1, -0.05) is 30.3 Å². The highest BCUT2D eigenvalue weighted by Crippen LogP contribution is 2.28. The van der Waals surface area contributed by atoms with E-state index in [4.69, 9.17) is 9.15 Å². The monoisotopic (exact) mass is 386 g/mol. The Bertz CT molecular complexity index is 1150. The fourth-order valence-electron chi connectivity index (χ4n) is 2.84. The molecule has 0 aliphatic rings. The average molecular weight is 386 g/mol. The van der Waals surface area contributed by atoms with E-state index in [9.17, 15) is 9.59 Å². The summed E-state index contributed by atoms with van der Waals surface area (Å²) in [6.07, 6.45) is 1.56. The van der Waals surface area contributed by atoms with Crippen molar-refractivity contribution < 1.29 is 18.7 Å². The predicted molar refractivity (Wildman–Crippen MR) is 110 cm³/mol. The van der Waals surface area contributed by atoms with Gasteiger partial charge in [-0.3, -0.25) is 9.59 Å². The summed E-state index contributed by atoms with van der Waals surface area (Å²) in [6, 6.07) is 23.3. The van der Waals surface area contributed by atoms with Gasteiger partial charge in [-0.15, -0.1) is 0 Å². The Morgan fingerprint density at radius 3 is 2.55 bits per heavy atom. The number of hydrogen-bond donors (Lipinski definition) is 2. The Morgan fingerprint density at radius 1 is 0.897 bits per heavy atom. The highest BCUT2D eigenvalue weighted by atomic mass is 16.5. The van der Waals surface area contributed by atoms with E-state index in [0.29, 0.717) is 28.3 Å². The van der Waals surface area contributed by atoms with Crippen LogP contribution in [0.15, 0.2) is 89.5 Å². The maximum atomic E-state index is 12.3. The number of ether oxygens (including phenoxy) is 1. The quantitative estimate of drug-likeness (QED) is 0.508. The summed E-state index contributed by atoms with van der Waals surface area (Å²) in [5.41, 5.74) is 1.68. The van der Waals surface area contributed by atoms with Crippen LogP contribution in [0.1, 0.15) is 10.4 Å². The molecule has 0 aliphatic heterocycles. The van der Waals surface area contributed by atoms with Crippen LogP contribution < -0.4 is 15.4 Å². The topological polar surface area (TPSA) is 80.6 Å². The summed E-state index contributed by atoms with van der Waals surface area (Å²) in [5, 5.41) is 6.22. The number of anilines is 1. The van der Waals surface area contributed by atoms with Crippen molar-refractivity contribution in [3.8, 4) is 11.5 Å². The Kier molecular flexibility index (Phi) is 5.25. The summed E-state index contributed by atoms with van der Waals surface area (Å²) in [5.74, 6) is 0.491. The lowest BCUT2D eigenvalue weighted by Crippen LogP contribution is -2.32. The summed E-state index contributed by atoms with van der Waals surface area (Å²) in [6.45, 7) is -0.165. The second-order valence-corrected chi connectivity index (χ2v) is 6.32. The second-order valence-electron chi connectivity index (χ2n) is 6.32. The number of nitrogens with one attached hydrogen (secondary N) is 2. The normalized spacial score (nSPS) is 10.5. The Balaban J connectivity index is 1.38. The first-order valence-electron chi connectivity index (χ1n) is 9.06. The molecule has 1 aromatic heterocycles. The van der Waals surface area contributed by atoms with E-state index in [1.807, 2.05) is 36.4 Å². The summed E-state index contributed by atoms with van der Waals surface area (Å²) >= 11 is 0. The maximum absolute atomic E-state index is 12.3. The molecule has 0 unspecified atom stereocenters. The predicted octanol–water partition coefficient (Wildman–Crippen LogP) is 4.59. The second kappa shape index (κ2) is 8.31. The van der Waals surface area contributed by atoms with Gasteiger partial charge < -0.3 is 19.8 Å². The van der Waals surface area contributed by atoms with Crippen molar-refractivity contribution in [1.29, 1.82) is 0 Å². The Hall–Kier alpha value is -4.06. The third-order valence-electron chi connectivity index (χ3n) is 4.26. The number of carbonyl (C=O) groups excluding carboxylic acids is 2. The van der Waals surface area contributed by atoms with Crippen molar-refractivity contribution in [3.63, 3.8) is 0 Å². The Morgan fingerprint density at radius 2 is 1.69 bits per heavy atom. The van der Waals surface area contributed by atoms with Crippen LogP contribution in [0.4, 0.5) is 5.69 Å². The highest BCUT2D eigenvalue weighted by molar-refractivity contribution is 6.01. The molecule has 4 aromatic rings. The zero-order valence-corrected chi connectivity index (χ0v) is 15.4. The van der Waals surface area contributed by atoms with Crippen LogP contribution in [0.25, 0.3) is 11.0 Å². The maximum Gasteiger partial charge on any atom is 0.251 e. The Labute approximate surface area is 167 Å². The first kappa shape index (κ1) is 18.3. The van der Waals surface area contributed by atoms with E-state index in [-0.39, 0.29) is 18.4 Å². The first-order valence-corrected chi connectivity index (χ1v) is 9.06. The van der Waals surface area contributed by atoms with Gasteiger partial charge in [0.1, 0.15) is 11.3 Å². The molecule has 6 nitrogen and oxygen atoms in total. The zero-order chi connectivity index (χ0) is 20.1. The number of furan rings is 1. The lowest BCUT2D eigenvalue weighted by atomic mass is 10.1. The summed E-state index contributed by atoms with van der Waals surface area (Å²) in [4.78, 5) is 24.7. The average Bonchev–Trinajstić information content (AvgIpc) is 3.22. The van der Waals surface area contributed by atoms with Crippen LogP contribution in [-0.2, 0) is 4.79 Å².